The van der Waals surface area contributed by atoms with Crippen molar-refractivity contribution in [2.45, 2.75) is 38.3 Å². The second-order valence-electron chi connectivity index (χ2n) is 9.14. The minimum absolute atomic E-state index is 0.0839. The molecule has 2 aliphatic rings. The maximum Gasteiger partial charge on any atom is 0.251 e. The first-order valence-electron chi connectivity index (χ1n) is 12.5. The first kappa shape index (κ1) is 25.8. The van der Waals surface area contributed by atoms with Gasteiger partial charge in [0, 0.05) is 60.9 Å². The van der Waals surface area contributed by atoms with Crippen molar-refractivity contribution in [3.05, 3.63) is 81.1 Å². The van der Waals surface area contributed by atoms with E-state index in [1.807, 2.05) is 36.4 Å². The summed E-state index contributed by atoms with van der Waals surface area (Å²) in [6, 6.07) is 13.7. The molecular weight excluding hydrogens is 481 g/mol. The summed E-state index contributed by atoms with van der Waals surface area (Å²) >= 11 is 12.2. The number of rotatable bonds is 9. The average Bonchev–Trinajstić information content (AvgIpc) is 2.89. The number of hydrogen-bond donors (Lipinski definition) is 4. The molecule has 0 aliphatic carbocycles. The topological polar surface area (TPSA) is 68.4 Å². The van der Waals surface area contributed by atoms with Gasteiger partial charge in [0.05, 0.1) is 5.82 Å². The number of hydrogen-bond acceptors (Lipinski definition) is 5. The van der Waals surface area contributed by atoms with Crippen LogP contribution in [0.1, 0.15) is 40.7 Å². The van der Waals surface area contributed by atoms with E-state index in [0.29, 0.717) is 34.6 Å². The molecule has 0 bridgehead atoms. The molecule has 2 heterocycles. The highest BCUT2D eigenvalue weighted by Crippen LogP contribution is 2.21. The Hall–Kier alpha value is -2.25. The average molecular weight is 517 g/mol. The summed E-state index contributed by atoms with van der Waals surface area (Å²) in [7, 11) is 0. The van der Waals surface area contributed by atoms with Crippen LogP contribution >= 0.6 is 23.2 Å². The van der Waals surface area contributed by atoms with Crippen molar-refractivity contribution in [1.29, 1.82) is 0 Å². The van der Waals surface area contributed by atoms with Gasteiger partial charge in [0.2, 0.25) is 0 Å². The van der Waals surface area contributed by atoms with Crippen molar-refractivity contribution in [1.82, 2.24) is 26.2 Å². The molecule has 8 heteroatoms. The third-order valence-corrected chi connectivity index (χ3v) is 7.14. The van der Waals surface area contributed by atoms with E-state index in [4.69, 9.17) is 23.2 Å². The van der Waals surface area contributed by atoms with Crippen LogP contribution in [0.2, 0.25) is 10.0 Å². The molecule has 0 radical (unpaired) electrons. The number of nitrogens with zero attached hydrogens (tertiary/aromatic N) is 1. The van der Waals surface area contributed by atoms with Crippen LogP contribution in [0.15, 0.2) is 54.4 Å². The van der Waals surface area contributed by atoms with Crippen LogP contribution < -0.4 is 21.3 Å². The Kier molecular flexibility index (Phi) is 9.72. The molecule has 1 unspecified atom stereocenters. The first-order chi connectivity index (χ1) is 17.1. The minimum Gasteiger partial charge on any atom is -0.368 e. The molecule has 0 spiro atoms. The van der Waals surface area contributed by atoms with E-state index in [1.54, 1.807) is 6.07 Å². The third-order valence-electron chi connectivity index (χ3n) is 6.55. The molecule has 0 saturated carbocycles. The number of halogens is 2. The molecule has 2 aromatic carbocycles. The molecule has 4 N–H and O–H groups in total. The van der Waals surface area contributed by atoms with Gasteiger partial charge >= 0.3 is 0 Å². The van der Waals surface area contributed by atoms with Gasteiger partial charge in [-0.05, 0) is 67.3 Å². The van der Waals surface area contributed by atoms with Crippen molar-refractivity contribution in [3.8, 4) is 0 Å². The Morgan fingerprint density at radius 2 is 1.83 bits per heavy atom. The SMILES string of the molecule is O=C(NCCc1ccc(Cl)cc1Cl)c1ccc(CN/C(=C/C2CCCCN2)N2CCNCC2)cc1. The quantitative estimate of drug-likeness (QED) is 0.407. The van der Waals surface area contributed by atoms with E-state index in [0.717, 1.165) is 50.4 Å². The molecule has 4 rings (SSSR count). The molecular formula is C27H35Cl2N5O. The zero-order valence-corrected chi connectivity index (χ0v) is 21.6. The first-order valence-corrected chi connectivity index (χ1v) is 13.3. The maximum absolute atomic E-state index is 12.6. The van der Waals surface area contributed by atoms with Crippen molar-refractivity contribution in [3.63, 3.8) is 0 Å². The van der Waals surface area contributed by atoms with Crippen LogP contribution in [0.3, 0.4) is 0 Å². The smallest absolute Gasteiger partial charge is 0.251 e. The molecule has 35 heavy (non-hydrogen) atoms. The highest BCUT2D eigenvalue weighted by Gasteiger charge is 2.17. The monoisotopic (exact) mass is 515 g/mol. The van der Waals surface area contributed by atoms with E-state index in [2.05, 4.69) is 32.2 Å². The number of carbonyl (C=O) groups excluding carboxylic acids is 1. The number of carbonyl (C=O) groups is 1. The molecule has 6 nitrogen and oxygen atoms in total. The van der Waals surface area contributed by atoms with Crippen LogP contribution in [-0.4, -0.2) is 56.1 Å². The summed E-state index contributed by atoms with van der Waals surface area (Å²) in [6.45, 7) is 6.34. The number of benzene rings is 2. The Morgan fingerprint density at radius 1 is 1.03 bits per heavy atom. The highest BCUT2D eigenvalue weighted by atomic mass is 35.5. The highest BCUT2D eigenvalue weighted by molar-refractivity contribution is 6.35. The summed E-state index contributed by atoms with van der Waals surface area (Å²) in [5.74, 6) is 1.12. The lowest BCUT2D eigenvalue weighted by Crippen LogP contribution is -2.46. The minimum atomic E-state index is -0.0839. The lowest BCUT2D eigenvalue weighted by Gasteiger charge is -2.33. The van der Waals surface area contributed by atoms with Gasteiger partial charge in [-0.1, -0.05) is 47.8 Å². The molecule has 1 atom stereocenters. The Labute approximate surface area is 218 Å². The second-order valence-corrected chi connectivity index (χ2v) is 9.98. The summed E-state index contributed by atoms with van der Waals surface area (Å²) < 4.78 is 0. The van der Waals surface area contributed by atoms with Gasteiger partial charge in [-0.3, -0.25) is 4.79 Å². The van der Waals surface area contributed by atoms with E-state index < -0.39 is 0 Å². The molecule has 2 fully saturated rings. The fraction of sp³-hybridized carbons (Fsp3) is 0.444. The lowest BCUT2D eigenvalue weighted by atomic mass is 10.0. The molecule has 0 aromatic heterocycles. The second kappa shape index (κ2) is 13.2. The van der Waals surface area contributed by atoms with Gasteiger partial charge < -0.3 is 26.2 Å². The summed E-state index contributed by atoms with van der Waals surface area (Å²) in [5.41, 5.74) is 2.77. The van der Waals surface area contributed by atoms with Crippen LogP contribution in [0, 0.1) is 0 Å². The van der Waals surface area contributed by atoms with Crippen molar-refractivity contribution in [2.24, 2.45) is 0 Å². The fourth-order valence-electron chi connectivity index (χ4n) is 4.50. The Morgan fingerprint density at radius 3 is 2.54 bits per heavy atom. The van der Waals surface area contributed by atoms with Gasteiger partial charge in [-0.2, -0.15) is 0 Å². The summed E-state index contributed by atoms with van der Waals surface area (Å²) in [4.78, 5) is 15.0. The number of piperazine rings is 1. The molecule has 188 valence electrons. The van der Waals surface area contributed by atoms with Crippen LogP contribution in [0.5, 0.6) is 0 Å². The van der Waals surface area contributed by atoms with Crippen molar-refractivity contribution in [2.75, 3.05) is 39.3 Å². The zero-order chi connectivity index (χ0) is 24.5. The molecule has 1 amide bonds. The van der Waals surface area contributed by atoms with Gasteiger partial charge in [0.25, 0.3) is 5.91 Å². The predicted octanol–water partition coefficient (Wildman–Crippen LogP) is 3.94. The van der Waals surface area contributed by atoms with Crippen molar-refractivity contribution < 1.29 is 4.79 Å². The zero-order valence-electron chi connectivity index (χ0n) is 20.1. The molecule has 2 aliphatic heterocycles. The van der Waals surface area contributed by atoms with Gasteiger partial charge in [0.15, 0.2) is 0 Å². The van der Waals surface area contributed by atoms with Gasteiger partial charge in [0.1, 0.15) is 0 Å². The summed E-state index contributed by atoms with van der Waals surface area (Å²) in [5, 5.41) is 14.9. The maximum atomic E-state index is 12.6. The normalized spacial score (nSPS) is 18.9. The van der Waals surface area contributed by atoms with Gasteiger partial charge in [-0.15, -0.1) is 0 Å². The van der Waals surface area contributed by atoms with E-state index in [1.165, 1.54) is 25.1 Å². The molecule has 2 saturated heterocycles. The largest absolute Gasteiger partial charge is 0.368 e. The van der Waals surface area contributed by atoms with Gasteiger partial charge in [-0.25, -0.2) is 0 Å². The third kappa shape index (κ3) is 7.87. The van der Waals surface area contributed by atoms with E-state index >= 15 is 0 Å². The summed E-state index contributed by atoms with van der Waals surface area (Å²) in [6.07, 6.45) is 6.74. The standard InChI is InChI=1S/C27H35Cl2N5O/c28-23-9-8-21(25(29)17-23)10-12-32-27(35)22-6-4-20(5-7-22)19-33-26(34-15-13-30-14-16-34)18-24-3-1-2-11-31-24/h4-9,17-18,24,30-31,33H,1-3,10-16,19H2,(H,32,35)/b26-18-. The van der Waals surface area contributed by atoms with Crippen LogP contribution in [0.25, 0.3) is 0 Å². The van der Waals surface area contributed by atoms with E-state index in [-0.39, 0.29) is 5.91 Å². The molecule has 2 aromatic rings. The lowest BCUT2D eigenvalue weighted by molar-refractivity contribution is 0.0954. The van der Waals surface area contributed by atoms with Crippen LogP contribution in [-0.2, 0) is 13.0 Å². The Bertz CT molecular complexity index is 999. The van der Waals surface area contributed by atoms with E-state index in [9.17, 15) is 4.79 Å². The fourth-order valence-corrected chi connectivity index (χ4v) is 5.00. The van der Waals surface area contributed by atoms with Crippen LogP contribution in [0.4, 0.5) is 0 Å². The number of amides is 1. The number of piperidine rings is 1. The van der Waals surface area contributed by atoms with Crippen molar-refractivity contribution >= 4 is 29.1 Å². The number of nitrogens with one attached hydrogen (secondary N) is 4. The Balaban J connectivity index is 1.29. The predicted molar refractivity (Wildman–Crippen MR) is 144 cm³/mol.